The summed E-state index contributed by atoms with van der Waals surface area (Å²) >= 11 is 0. The molecule has 0 bridgehead atoms. The molecule has 1 aromatic rings. The lowest BCUT2D eigenvalue weighted by atomic mass is 10.0. The van der Waals surface area contributed by atoms with Gasteiger partial charge in [-0.15, -0.1) is 0 Å². The van der Waals surface area contributed by atoms with E-state index in [2.05, 4.69) is 30.0 Å². The van der Waals surface area contributed by atoms with Crippen molar-refractivity contribution in [3.8, 4) is 0 Å². The fourth-order valence-corrected chi connectivity index (χ4v) is 2.32. The fourth-order valence-electron chi connectivity index (χ4n) is 2.32. The predicted molar refractivity (Wildman–Crippen MR) is 66.6 cm³/mol. The first kappa shape index (κ1) is 11.4. The van der Waals surface area contributed by atoms with Crippen LogP contribution >= 0.6 is 0 Å². The minimum atomic E-state index is -0.268. The highest BCUT2D eigenvalue weighted by atomic mass is 16.3. The Hall–Kier alpha value is -1.06. The van der Waals surface area contributed by atoms with Gasteiger partial charge in [-0.3, -0.25) is 0 Å². The van der Waals surface area contributed by atoms with Crippen LogP contribution in [0.25, 0.3) is 0 Å². The topological polar surface area (TPSA) is 49.5 Å². The maximum Gasteiger partial charge on any atom is 0.0625 e. The van der Waals surface area contributed by atoms with E-state index >= 15 is 0 Å². The van der Waals surface area contributed by atoms with Crippen LogP contribution in [0, 0.1) is 6.92 Å². The quantitative estimate of drug-likeness (QED) is 0.813. The smallest absolute Gasteiger partial charge is 0.0625 e. The first-order valence-electron chi connectivity index (χ1n) is 5.94. The Morgan fingerprint density at radius 1 is 1.38 bits per heavy atom. The first-order valence-corrected chi connectivity index (χ1v) is 5.94. The summed E-state index contributed by atoms with van der Waals surface area (Å²) in [6.45, 7) is 4.27. The van der Waals surface area contributed by atoms with Crippen molar-refractivity contribution in [1.29, 1.82) is 0 Å². The third-order valence-corrected chi connectivity index (χ3v) is 3.23. The van der Waals surface area contributed by atoms with Gasteiger partial charge in [-0.1, -0.05) is 17.7 Å². The van der Waals surface area contributed by atoms with Gasteiger partial charge in [0, 0.05) is 18.8 Å². The van der Waals surface area contributed by atoms with E-state index in [0.717, 1.165) is 18.7 Å². The Labute approximate surface area is 96.9 Å². The van der Waals surface area contributed by atoms with Crippen LogP contribution in [0.2, 0.25) is 0 Å². The first-order chi connectivity index (χ1) is 7.72. The number of aryl methyl sites for hydroxylation is 1. The minimum absolute atomic E-state index is 0.00426. The summed E-state index contributed by atoms with van der Waals surface area (Å²) < 4.78 is 0. The van der Waals surface area contributed by atoms with Crippen molar-refractivity contribution >= 4 is 5.69 Å². The number of aliphatic hydroxyl groups excluding tert-OH is 1. The molecule has 16 heavy (non-hydrogen) atoms. The molecule has 0 radical (unpaired) electrons. The van der Waals surface area contributed by atoms with Crippen LogP contribution in [0.4, 0.5) is 5.69 Å². The van der Waals surface area contributed by atoms with E-state index in [0.29, 0.717) is 0 Å². The molecule has 1 atom stereocenters. The van der Waals surface area contributed by atoms with Gasteiger partial charge in [-0.25, -0.2) is 0 Å². The van der Waals surface area contributed by atoms with E-state index in [4.69, 9.17) is 5.73 Å². The van der Waals surface area contributed by atoms with Gasteiger partial charge in [0.1, 0.15) is 0 Å². The van der Waals surface area contributed by atoms with Gasteiger partial charge in [0.2, 0.25) is 0 Å². The summed E-state index contributed by atoms with van der Waals surface area (Å²) in [5, 5.41) is 9.20. The van der Waals surface area contributed by atoms with Crippen molar-refractivity contribution < 1.29 is 5.11 Å². The zero-order valence-corrected chi connectivity index (χ0v) is 9.82. The van der Waals surface area contributed by atoms with Crippen molar-refractivity contribution in [2.45, 2.75) is 25.8 Å². The number of rotatable bonds is 3. The number of benzene rings is 1. The second-order valence-corrected chi connectivity index (χ2v) is 4.55. The van der Waals surface area contributed by atoms with Crippen molar-refractivity contribution in [3.63, 3.8) is 0 Å². The molecule has 1 saturated heterocycles. The molecule has 2 rings (SSSR count). The number of hydrogen-bond acceptors (Lipinski definition) is 3. The highest BCUT2D eigenvalue weighted by Crippen LogP contribution is 2.29. The molecule has 3 N–H and O–H groups in total. The SMILES string of the molecule is Cc1ccc(N2CCCC2)c(C(N)CO)c1. The van der Waals surface area contributed by atoms with Crippen molar-refractivity contribution in [1.82, 2.24) is 0 Å². The van der Waals surface area contributed by atoms with Crippen LogP contribution in [0.5, 0.6) is 0 Å². The standard InChI is InChI=1S/C13H20N2O/c1-10-4-5-13(15-6-2-3-7-15)11(8-10)12(14)9-16/h4-5,8,12,16H,2-3,6-7,9,14H2,1H3. The van der Waals surface area contributed by atoms with Gasteiger partial charge in [0.15, 0.2) is 0 Å². The molecule has 88 valence electrons. The van der Waals surface area contributed by atoms with E-state index in [9.17, 15) is 5.11 Å². The van der Waals surface area contributed by atoms with Gasteiger partial charge >= 0.3 is 0 Å². The summed E-state index contributed by atoms with van der Waals surface area (Å²) in [6.07, 6.45) is 2.50. The van der Waals surface area contributed by atoms with Gasteiger partial charge < -0.3 is 15.7 Å². The van der Waals surface area contributed by atoms with Gasteiger partial charge in [0.05, 0.1) is 12.6 Å². The van der Waals surface area contributed by atoms with Crippen molar-refractivity contribution in [2.24, 2.45) is 5.73 Å². The zero-order valence-electron chi connectivity index (χ0n) is 9.82. The molecular weight excluding hydrogens is 200 g/mol. The van der Waals surface area contributed by atoms with E-state index < -0.39 is 0 Å². The molecule has 1 fully saturated rings. The summed E-state index contributed by atoms with van der Waals surface area (Å²) in [6, 6.07) is 6.07. The van der Waals surface area contributed by atoms with Crippen molar-refractivity contribution in [2.75, 3.05) is 24.6 Å². The van der Waals surface area contributed by atoms with E-state index in [1.807, 2.05) is 0 Å². The predicted octanol–water partition coefficient (Wildman–Crippen LogP) is 1.59. The zero-order chi connectivity index (χ0) is 11.5. The van der Waals surface area contributed by atoms with Crippen LogP contribution in [0.15, 0.2) is 18.2 Å². The number of aliphatic hydroxyl groups is 1. The number of nitrogens with two attached hydrogens (primary N) is 1. The highest BCUT2D eigenvalue weighted by Gasteiger charge is 2.18. The highest BCUT2D eigenvalue weighted by molar-refractivity contribution is 5.56. The monoisotopic (exact) mass is 220 g/mol. The van der Waals surface area contributed by atoms with Crippen LogP contribution in [0.3, 0.4) is 0 Å². The molecule has 3 nitrogen and oxygen atoms in total. The summed E-state index contributed by atoms with van der Waals surface area (Å²) in [5.41, 5.74) is 9.42. The largest absolute Gasteiger partial charge is 0.394 e. The lowest BCUT2D eigenvalue weighted by molar-refractivity contribution is 0.268. The lowest BCUT2D eigenvalue weighted by Gasteiger charge is -2.24. The molecule has 0 aromatic heterocycles. The van der Waals surface area contributed by atoms with E-state index in [1.165, 1.54) is 24.1 Å². The molecule has 0 amide bonds. The van der Waals surface area contributed by atoms with Crippen LogP contribution < -0.4 is 10.6 Å². The molecule has 1 aromatic carbocycles. The molecule has 1 unspecified atom stereocenters. The normalized spacial score (nSPS) is 17.8. The Morgan fingerprint density at radius 2 is 2.06 bits per heavy atom. The number of nitrogens with zero attached hydrogens (tertiary/aromatic N) is 1. The molecule has 1 aliphatic heterocycles. The second-order valence-electron chi connectivity index (χ2n) is 4.55. The van der Waals surface area contributed by atoms with Crippen molar-refractivity contribution in [3.05, 3.63) is 29.3 Å². The van der Waals surface area contributed by atoms with Gasteiger partial charge in [-0.05, 0) is 31.4 Å². The summed E-state index contributed by atoms with van der Waals surface area (Å²) in [4.78, 5) is 2.37. The van der Waals surface area contributed by atoms with E-state index in [1.54, 1.807) is 0 Å². The summed E-state index contributed by atoms with van der Waals surface area (Å²) in [5.74, 6) is 0. The van der Waals surface area contributed by atoms with Crippen LogP contribution in [-0.2, 0) is 0 Å². The van der Waals surface area contributed by atoms with Gasteiger partial charge in [-0.2, -0.15) is 0 Å². The maximum absolute atomic E-state index is 9.20. The minimum Gasteiger partial charge on any atom is -0.394 e. The number of hydrogen-bond donors (Lipinski definition) is 2. The number of anilines is 1. The maximum atomic E-state index is 9.20. The average Bonchev–Trinajstić information content (AvgIpc) is 2.81. The van der Waals surface area contributed by atoms with Crippen LogP contribution in [-0.4, -0.2) is 24.8 Å². The fraction of sp³-hybridized carbons (Fsp3) is 0.538. The Balaban J connectivity index is 2.34. The van der Waals surface area contributed by atoms with E-state index in [-0.39, 0.29) is 12.6 Å². The third-order valence-electron chi connectivity index (χ3n) is 3.23. The molecule has 0 saturated carbocycles. The molecule has 3 heteroatoms. The third kappa shape index (κ3) is 2.20. The Bertz CT molecular complexity index is 359. The Morgan fingerprint density at radius 3 is 2.69 bits per heavy atom. The van der Waals surface area contributed by atoms with Crippen LogP contribution in [0.1, 0.15) is 30.0 Å². The Kier molecular flexibility index (Phi) is 3.46. The molecular formula is C13H20N2O. The molecule has 0 aliphatic carbocycles. The molecule has 1 aliphatic rings. The lowest BCUT2D eigenvalue weighted by Crippen LogP contribution is -2.23. The molecule has 0 spiro atoms. The summed E-state index contributed by atoms with van der Waals surface area (Å²) in [7, 11) is 0. The van der Waals surface area contributed by atoms with Gasteiger partial charge in [0.25, 0.3) is 0 Å². The average molecular weight is 220 g/mol. The second kappa shape index (κ2) is 4.85. The molecule has 1 heterocycles.